The summed E-state index contributed by atoms with van der Waals surface area (Å²) >= 11 is 0. The van der Waals surface area contributed by atoms with Crippen LogP contribution in [0.2, 0.25) is 0 Å². The van der Waals surface area contributed by atoms with Gasteiger partial charge in [-0.1, -0.05) is 42.5 Å². The van der Waals surface area contributed by atoms with E-state index < -0.39 is 11.9 Å². The molecule has 1 amide bonds. The van der Waals surface area contributed by atoms with Crippen molar-refractivity contribution in [3.8, 4) is 17.2 Å². The maximum Gasteiger partial charge on any atom is 0.338 e. The van der Waals surface area contributed by atoms with Gasteiger partial charge in [0.25, 0.3) is 5.91 Å². The molecule has 0 aromatic heterocycles. The number of ether oxygens (including phenoxy) is 1. The number of benzene rings is 3. The molecule has 0 spiro atoms. The van der Waals surface area contributed by atoms with Crippen LogP contribution in [-0.4, -0.2) is 18.5 Å². The highest BCUT2D eigenvalue weighted by Crippen LogP contribution is 2.19. The highest BCUT2D eigenvalue weighted by atomic mass is 16.5. The van der Waals surface area contributed by atoms with Crippen molar-refractivity contribution in [2.45, 2.75) is 0 Å². The number of esters is 1. The molecule has 0 heterocycles. The molecule has 132 valence electrons. The first kappa shape index (κ1) is 17.9. The van der Waals surface area contributed by atoms with Crippen LogP contribution in [0.25, 0.3) is 11.1 Å². The van der Waals surface area contributed by atoms with Crippen molar-refractivity contribution in [3.63, 3.8) is 0 Å². The van der Waals surface area contributed by atoms with E-state index in [2.05, 4.69) is 5.32 Å². The topological polar surface area (TPSA) is 79.2 Å². The standard InChI is InChI=1S/C22H16N2O3/c23-14-16-6-12-20(13-7-16)24-21(25)15-27-22(26)19-10-8-18(9-11-19)17-4-2-1-3-5-17/h1-13H,15H2,(H,24,25). The van der Waals surface area contributed by atoms with Crippen LogP contribution < -0.4 is 5.32 Å². The smallest absolute Gasteiger partial charge is 0.338 e. The summed E-state index contributed by atoms with van der Waals surface area (Å²) in [5, 5.41) is 11.4. The summed E-state index contributed by atoms with van der Waals surface area (Å²) in [6, 6.07) is 25.2. The number of amides is 1. The number of rotatable bonds is 5. The number of nitriles is 1. The van der Waals surface area contributed by atoms with E-state index in [1.807, 2.05) is 48.5 Å². The quantitative estimate of drug-likeness (QED) is 0.700. The Hall–Kier alpha value is -3.91. The number of carbonyl (C=O) groups is 2. The van der Waals surface area contributed by atoms with Crippen molar-refractivity contribution in [3.05, 3.63) is 90.0 Å². The minimum Gasteiger partial charge on any atom is -0.452 e. The summed E-state index contributed by atoms with van der Waals surface area (Å²) in [5.41, 5.74) is 3.45. The number of nitrogens with zero attached hydrogens (tertiary/aromatic N) is 1. The molecule has 3 aromatic carbocycles. The van der Waals surface area contributed by atoms with Crippen molar-refractivity contribution >= 4 is 17.6 Å². The van der Waals surface area contributed by atoms with Gasteiger partial charge in [-0.25, -0.2) is 4.79 Å². The van der Waals surface area contributed by atoms with Crippen LogP contribution in [0.3, 0.4) is 0 Å². The summed E-state index contributed by atoms with van der Waals surface area (Å²) < 4.78 is 5.05. The summed E-state index contributed by atoms with van der Waals surface area (Å²) in [7, 11) is 0. The molecule has 0 saturated carbocycles. The van der Waals surface area contributed by atoms with Crippen LogP contribution in [0.4, 0.5) is 5.69 Å². The first-order valence-corrected chi connectivity index (χ1v) is 8.28. The molecule has 0 atom stereocenters. The molecule has 0 aliphatic carbocycles. The highest BCUT2D eigenvalue weighted by molar-refractivity contribution is 5.95. The van der Waals surface area contributed by atoms with Crippen LogP contribution in [0.15, 0.2) is 78.9 Å². The molecule has 27 heavy (non-hydrogen) atoms. The average Bonchev–Trinajstić information content (AvgIpc) is 2.73. The predicted octanol–water partition coefficient (Wildman–Crippen LogP) is 4.02. The molecule has 0 saturated heterocycles. The molecule has 1 N–H and O–H groups in total. The van der Waals surface area contributed by atoms with Gasteiger partial charge in [0, 0.05) is 5.69 Å². The Kier molecular flexibility index (Phi) is 5.60. The molecule has 0 unspecified atom stereocenters. The number of anilines is 1. The number of hydrogen-bond acceptors (Lipinski definition) is 4. The first-order chi connectivity index (χ1) is 13.2. The lowest BCUT2D eigenvalue weighted by molar-refractivity contribution is -0.119. The van der Waals surface area contributed by atoms with E-state index in [1.54, 1.807) is 36.4 Å². The molecule has 0 aliphatic rings. The van der Waals surface area contributed by atoms with E-state index >= 15 is 0 Å². The molecular weight excluding hydrogens is 340 g/mol. The number of nitrogens with one attached hydrogen (secondary N) is 1. The van der Waals surface area contributed by atoms with Crippen molar-refractivity contribution in [2.75, 3.05) is 11.9 Å². The Balaban J connectivity index is 1.54. The summed E-state index contributed by atoms with van der Waals surface area (Å²) in [6.07, 6.45) is 0. The maximum absolute atomic E-state index is 12.1. The van der Waals surface area contributed by atoms with Gasteiger partial charge in [-0.05, 0) is 47.5 Å². The van der Waals surface area contributed by atoms with Crippen LogP contribution in [0.1, 0.15) is 15.9 Å². The second kappa shape index (κ2) is 8.45. The molecule has 0 aliphatic heterocycles. The fourth-order valence-electron chi connectivity index (χ4n) is 2.47. The Labute approximate surface area is 156 Å². The Morgan fingerprint density at radius 2 is 1.48 bits per heavy atom. The van der Waals surface area contributed by atoms with Gasteiger partial charge >= 0.3 is 5.97 Å². The molecule has 5 heteroatoms. The van der Waals surface area contributed by atoms with Gasteiger partial charge < -0.3 is 10.1 Å². The van der Waals surface area contributed by atoms with Gasteiger partial charge in [0.05, 0.1) is 17.2 Å². The van der Waals surface area contributed by atoms with Crippen LogP contribution in [0, 0.1) is 11.3 Å². The van der Waals surface area contributed by atoms with Gasteiger partial charge in [-0.3, -0.25) is 4.79 Å². The van der Waals surface area contributed by atoms with Crippen molar-refractivity contribution in [1.29, 1.82) is 5.26 Å². The molecule has 0 radical (unpaired) electrons. The SMILES string of the molecule is N#Cc1ccc(NC(=O)COC(=O)c2ccc(-c3ccccc3)cc2)cc1. The highest BCUT2D eigenvalue weighted by Gasteiger charge is 2.11. The fourth-order valence-corrected chi connectivity index (χ4v) is 2.47. The lowest BCUT2D eigenvalue weighted by Gasteiger charge is -2.07. The lowest BCUT2D eigenvalue weighted by atomic mass is 10.0. The van der Waals surface area contributed by atoms with Gasteiger partial charge in [-0.15, -0.1) is 0 Å². The molecule has 3 aromatic rings. The third-order valence-electron chi connectivity index (χ3n) is 3.86. The van der Waals surface area contributed by atoms with Gasteiger partial charge in [0.2, 0.25) is 0 Å². The zero-order chi connectivity index (χ0) is 19.1. The zero-order valence-electron chi connectivity index (χ0n) is 14.4. The maximum atomic E-state index is 12.1. The van der Waals surface area contributed by atoms with Crippen molar-refractivity contribution in [1.82, 2.24) is 0 Å². The van der Waals surface area contributed by atoms with Crippen LogP contribution in [0.5, 0.6) is 0 Å². The molecular formula is C22H16N2O3. The van der Waals surface area contributed by atoms with E-state index in [4.69, 9.17) is 10.00 Å². The van der Waals surface area contributed by atoms with Crippen LogP contribution in [-0.2, 0) is 9.53 Å². The van der Waals surface area contributed by atoms with Crippen molar-refractivity contribution in [2.24, 2.45) is 0 Å². The van der Waals surface area contributed by atoms with Crippen LogP contribution >= 0.6 is 0 Å². The Bertz CT molecular complexity index is 973. The molecule has 0 fully saturated rings. The summed E-state index contributed by atoms with van der Waals surface area (Å²) in [6.45, 7) is -0.390. The lowest BCUT2D eigenvalue weighted by Crippen LogP contribution is -2.20. The zero-order valence-corrected chi connectivity index (χ0v) is 14.4. The predicted molar refractivity (Wildman–Crippen MR) is 102 cm³/mol. The van der Waals surface area contributed by atoms with Crippen molar-refractivity contribution < 1.29 is 14.3 Å². The second-order valence-electron chi connectivity index (χ2n) is 5.76. The first-order valence-electron chi connectivity index (χ1n) is 8.28. The number of hydrogen-bond donors (Lipinski definition) is 1. The third kappa shape index (κ3) is 4.80. The molecule has 3 rings (SSSR count). The number of carbonyl (C=O) groups excluding carboxylic acids is 2. The van der Waals surface area contributed by atoms with E-state index in [0.717, 1.165) is 11.1 Å². The van der Waals surface area contributed by atoms with Gasteiger partial charge in [-0.2, -0.15) is 5.26 Å². The fraction of sp³-hybridized carbons (Fsp3) is 0.0455. The largest absolute Gasteiger partial charge is 0.452 e. The van der Waals surface area contributed by atoms with Gasteiger partial charge in [0.1, 0.15) is 0 Å². The Morgan fingerprint density at radius 1 is 0.852 bits per heavy atom. The second-order valence-corrected chi connectivity index (χ2v) is 5.76. The van der Waals surface area contributed by atoms with E-state index in [0.29, 0.717) is 16.8 Å². The van der Waals surface area contributed by atoms with E-state index in [1.165, 1.54) is 0 Å². The summed E-state index contributed by atoms with van der Waals surface area (Å²) in [5.74, 6) is -1.02. The average molecular weight is 356 g/mol. The van der Waals surface area contributed by atoms with Gasteiger partial charge in [0.15, 0.2) is 6.61 Å². The summed E-state index contributed by atoms with van der Waals surface area (Å²) in [4.78, 5) is 24.0. The third-order valence-corrected chi connectivity index (χ3v) is 3.86. The molecule has 5 nitrogen and oxygen atoms in total. The minimum atomic E-state index is -0.565. The van der Waals surface area contributed by atoms with E-state index in [-0.39, 0.29) is 6.61 Å². The monoisotopic (exact) mass is 356 g/mol. The minimum absolute atomic E-state index is 0.376. The normalized spacial score (nSPS) is 9.89. The molecule has 0 bridgehead atoms. The Morgan fingerprint density at radius 3 is 2.11 bits per heavy atom. The van der Waals surface area contributed by atoms with E-state index in [9.17, 15) is 9.59 Å².